The van der Waals surface area contributed by atoms with Gasteiger partial charge in [0.2, 0.25) is 5.91 Å². The average molecular weight is 483 g/mol. The lowest BCUT2D eigenvalue weighted by Gasteiger charge is -2.32. The van der Waals surface area contributed by atoms with Gasteiger partial charge in [-0.05, 0) is 49.2 Å². The molecule has 5 rings (SSSR count). The highest BCUT2D eigenvalue weighted by Crippen LogP contribution is 2.25. The van der Waals surface area contributed by atoms with Gasteiger partial charge in [0, 0.05) is 29.5 Å². The number of para-hydroxylation sites is 2. The highest BCUT2D eigenvalue weighted by Gasteiger charge is 2.26. The fourth-order valence-corrected chi connectivity index (χ4v) is 5.08. The molecule has 170 valence electrons. The second-order valence-electron chi connectivity index (χ2n) is 8.08. The number of thiazole rings is 1. The Bertz CT molecular complexity index is 1320. The molecule has 0 aliphatic carbocycles. The molecule has 2 aromatic carbocycles. The van der Waals surface area contributed by atoms with Gasteiger partial charge in [-0.2, -0.15) is 0 Å². The van der Waals surface area contributed by atoms with Crippen molar-refractivity contribution in [3.05, 3.63) is 80.1 Å². The molecule has 0 unspecified atom stereocenters. The number of hydrogen-bond donors (Lipinski definition) is 1. The maximum absolute atomic E-state index is 12.8. The number of ether oxygens (including phenoxy) is 1. The minimum Gasteiger partial charge on any atom is -0.486 e. The zero-order valence-electron chi connectivity index (χ0n) is 17.9. The van der Waals surface area contributed by atoms with Crippen molar-refractivity contribution in [2.45, 2.75) is 31.9 Å². The number of aromatic amines is 1. The summed E-state index contributed by atoms with van der Waals surface area (Å²) in [6.45, 7) is 1.61. The van der Waals surface area contributed by atoms with Crippen molar-refractivity contribution in [3.8, 4) is 5.75 Å². The van der Waals surface area contributed by atoms with E-state index in [1.165, 1.54) is 11.3 Å². The first-order valence-electron chi connectivity index (χ1n) is 10.9. The minimum atomic E-state index is -0.0863. The Hall–Kier alpha value is -3.10. The van der Waals surface area contributed by atoms with E-state index in [9.17, 15) is 9.59 Å². The highest BCUT2D eigenvalue weighted by molar-refractivity contribution is 7.09. The molecule has 0 radical (unpaired) electrons. The molecule has 3 heterocycles. The molecule has 33 heavy (non-hydrogen) atoms. The van der Waals surface area contributed by atoms with E-state index in [1.54, 1.807) is 12.1 Å². The van der Waals surface area contributed by atoms with Gasteiger partial charge in [0.1, 0.15) is 17.4 Å². The number of benzene rings is 2. The standard InChI is InChI=1S/C24H23ClN4O3S/c25-16-5-7-19(8-6-16)32-14-22-26-17(15-33-22)13-23(30)28-11-9-18(10-12-28)29-21-4-2-1-3-20(21)27-24(29)31/h1-8,15,18H,9-14H2,(H,27,31). The van der Waals surface area contributed by atoms with Gasteiger partial charge in [0.15, 0.2) is 0 Å². The third-order valence-electron chi connectivity index (χ3n) is 5.91. The largest absolute Gasteiger partial charge is 0.486 e. The van der Waals surface area contributed by atoms with Crippen molar-refractivity contribution in [2.24, 2.45) is 0 Å². The number of imidazole rings is 1. The topological polar surface area (TPSA) is 80.2 Å². The van der Waals surface area contributed by atoms with Crippen molar-refractivity contribution in [2.75, 3.05) is 13.1 Å². The molecular formula is C24H23ClN4O3S. The van der Waals surface area contributed by atoms with Crippen LogP contribution in [-0.2, 0) is 17.8 Å². The first-order valence-corrected chi connectivity index (χ1v) is 12.1. The average Bonchev–Trinajstić information content (AvgIpc) is 3.41. The van der Waals surface area contributed by atoms with Crippen LogP contribution in [0.1, 0.15) is 29.6 Å². The molecule has 7 nitrogen and oxygen atoms in total. The summed E-state index contributed by atoms with van der Waals surface area (Å²) < 4.78 is 7.57. The summed E-state index contributed by atoms with van der Waals surface area (Å²) in [5.41, 5.74) is 2.44. The van der Waals surface area contributed by atoms with Gasteiger partial charge in [-0.3, -0.25) is 9.36 Å². The van der Waals surface area contributed by atoms with Gasteiger partial charge in [0.25, 0.3) is 0 Å². The summed E-state index contributed by atoms with van der Waals surface area (Å²) in [6, 6.07) is 15.0. The Morgan fingerprint density at radius 3 is 2.70 bits per heavy atom. The number of carbonyl (C=O) groups is 1. The van der Waals surface area contributed by atoms with Gasteiger partial charge in [-0.1, -0.05) is 23.7 Å². The molecule has 1 aliphatic heterocycles. The number of nitrogens with zero attached hydrogens (tertiary/aromatic N) is 3. The van der Waals surface area contributed by atoms with Crippen LogP contribution in [0.5, 0.6) is 5.75 Å². The van der Waals surface area contributed by atoms with Crippen molar-refractivity contribution in [1.29, 1.82) is 0 Å². The van der Waals surface area contributed by atoms with E-state index in [2.05, 4.69) is 9.97 Å². The zero-order chi connectivity index (χ0) is 22.8. The maximum atomic E-state index is 12.8. The van der Waals surface area contributed by atoms with Crippen LogP contribution in [0.2, 0.25) is 5.02 Å². The lowest BCUT2D eigenvalue weighted by atomic mass is 10.0. The number of amides is 1. The van der Waals surface area contributed by atoms with Crippen LogP contribution in [0.4, 0.5) is 0 Å². The number of aromatic nitrogens is 3. The van der Waals surface area contributed by atoms with E-state index in [-0.39, 0.29) is 24.1 Å². The van der Waals surface area contributed by atoms with E-state index in [1.807, 2.05) is 51.2 Å². The summed E-state index contributed by atoms with van der Waals surface area (Å²) in [7, 11) is 0. The molecule has 4 aromatic rings. The van der Waals surface area contributed by atoms with Gasteiger partial charge in [-0.25, -0.2) is 9.78 Å². The molecule has 0 bridgehead atoms. The number of likely N-dealkylation sites (tertiary alicyclic amines) is 1. The molecule has 1 fully saturated rings. The maximum Gasteiger partial charge on any atom is 0.326 e. The Balaban J connectivity index is 1.15. The summed E-state index contributed by atoms with van der Waals surface area (Å²) >= 11 is 7.38. The molecule has 9 heteroatoms. The fraction of sp³-hybridized carbons (Fsp3) is 0.292. The number of nitrogens with one attached hydrogen (secondary N) is 1. The molecule has 1 saturated heterocycles. The first-order chi connectivity index (χ1) is 16.1. The summed E-state index contributed by atoms with van der Waals surface area (Å²) in [6.07, 6.45) is 1.78. The fourth-order valence-electron chi connectivity index (χ4n) is 4.25. The van der Waals surface area contributed by atoms with Crippen LogP contribution in [0.15, 0.2) is 58.7 Å². The predicted molar refractivity (Wildman–Crippen MR) is 129 cm³/mol. The van der Waals surface area contributed by atoms with Crippen LogP contribution < -0.4 is 10.4 Å². The number of piperidine rings is 1. The summed E-state index contributed by atoms with van der Waals surface area (Å²) in [5, 5.41) is 3.40. The van der Waals surface area contributed by atoms with Gasteiger partial charge in [-0.15, -0.1) is 11.3 Å². The lowest BCUT2D eigenvalue weighted by Crippen LogP contribution is -2.41. The van der Waals surface area contributed by atoms with Crippen LogP contribution >= 0.6 is 22.9 Å². The van der Waals surface area contributed by atoms with Gasteiger partial charge < -0.3 is 14.6 Å². The second kappa shape index (κ2) is 9.41. The SMILES string of the molecule is O=C(Cc1csc(COc2ccc(Cl)cc2)n1)N1CCC(n2c(=O)[nH]c3ccccc32)CC1. The van der Waals surface area contributed by atoms with Gasteiger partial charge in [0.05, 0.1) is 23.1 Å². The Morgan fingerprint density at radius 2 is 1.91 bits per heavy atom. The number of H-pyrrole nitrogens is 1. The molecule has 0 saturated carbocycles. The van der Waals surface area contributed by atoms with Crippen molar-refractivity contribution >= 4 is 39.9 Å². The Morgan fingerprint density at radius 1 is 1.15 bits per heavy atom. The normalized spacial score (nSPS) is 14.6. The Kier molecular flexibility index (Phi) is 6.20. The van der Waals surface area contributed by atoms with Gasteiger partial charge >= 0.3 is 5.69 Å². The molecule has 0 atom stereocenters. The summed E-state index contributed by atoms with van der Waals surface area (Å²) in [5.74, 6) is 0.791. The van der Waals surface area contributed by atoms with Crippen molar-refractivity contribution in [1.82, 2.24) is 19.4 Å². The number of halogens is 1. The van der Waals surface area contributed by atoms with Crippen molar-refractivity contribution < 1.29 is 9.53 Å². The predicted octanol–water partition coefficient (Wildman–Crippen LogP) is 4.42. The van der Waals surface area contributed by atoms with E-state index in [0.29, 0.717) is 24.7 Å². The third-order valence-corrected chi connectivity index (χ3v) is 7.04. The van der Waals surface area contributed by atoms with E-state index < -0.39 is 0 Å². The number of carbonyl (C=O) groups excluding carboxylic acids is 1. The van der Waals surface area contributed by atoms with Crippen LogP contribution in [0.25, 0.3) is 11.0 Å². The first kappa shape index (κ1) is 21.7. The van der Waals surface area contributed by atoms with Crippen LogP contribution in [0, 0.1) is 0 Å². The minimum absolute atomic E-state index is 0.0650. The summed E-state index contributed by atoms with van der Waals surface area (Å²) in [4.78, 5) is 34.6. The lowest BCUT2D eigenvalue weighted by molar-refractivity contribution is -0.131. The number of fused-ring (bicyclic) bond motifs is 1. The van der Waals surface area contributed by atoms with E-state index in [4.69, 9.17) is 16.3 Å². The Labute approximate surface area is 199 Å². The molecule has 2 aromatic heterocycles. The quantitative estimate of drug-likeness (QED) is 0.441. The molecular weight excluding hydrogens is 460 g/mol. The van der Waals surface area contributed by atoms with E-state index >= 15 is 0 Å². The molecule has 1 N–H and O–H groups in total. The van der Waals surface area contributed by atoms with Crippen molar-refractivity contribution in [3.63, 3.8) is 0 Å². The van der Waals surface area contributed by atoms with Crippen LogP contribution in [-0.4, -0.2) is 38.4 Å². The molecule has 0 spiro atoms. The van der Waals surface area contributed by atoms with E-state index in [0.717, 1.165) is 40.3 Å². The zero-order valence-corrected chi connectivity index (χ0v) is 19.4. The highest BCUT2D eigenvalue weighted by atomic mass is 35.5. The van der Waals surface area contributed by atoms with Crippen LogP contribution in [0.3, 0.4) is 0 Å². The number of rotatable bonds is 6. The number of hydrogen-bond acceptors (Lipinski definition) is 5. The smallest absolute Gasteiger partial charge is 0.326 e. The molecule has 1 aliphatic rings. The monoisotopic (exact) mass is 482 g/mol. The second-order valence-corrected chi connectivity index (χ2v) is 9.46. The third kappa shape index (κ3) is 4.82. The molecule has 1 amide bonds.